The van der Waals surface area contributed by atoms with Gasteiger partial charge in [0.1, 0.15) is 0 Å². The molecule has 2 heterocycles. The van der Waals surface area contributed by atoms with Crippen LogP contribution < -0.4 is 51.4 Å². The van der Waals surface area contributed by atoms with Crippen molar-refractivity contribution in [1.29, 1.82) is 0 Å². The second kappa shape index (κ2) is 4.72. The molecule has 0 atom stereocenters. The van der Waals surface area contributed by atoms with Crippen molar-refractivity contribution in [3.63, 3.8) is 0 Å². The number of carbonyl (C=O) groups excluding carboxylic acids is 1. The van der Waals surface area contributed by atoms with Crippen molar-refractivity contribution in [2.24, 2.45) is 0 Å². The van der Waals surface area contributed by atoms with E-state index in [4.69, 9.17) is 0 Å². The number of hydrogen-bond acceptors (Lipinski definition) is 7. The average Bonchev–Trinajstić information content (AvgIpc) is 2.77. The molecule has 2 aromatic rings. The summed E-state index contributed by atoms with van der Waals surface area (Å²) < 4.78 is 8.75. The van der Waals surface area contributed by atoms with Gasteiger partial charge >= 0.3 is 51.4 Å². The van der Waals surface area contributed by atoms with Crippen LogP contribution in [0.1, 0.15) is 17.6 Å². The molecule has 0 unspecified atom stereocenters. The molecule has 62 valence electrons. The molecule has 0 saturated heterocycles. The van der Waals surface area contributed by atoms with Crippen molar-refractivity contribution in [2.75, 3.05) is 0 Å². The first-order valence-electron chi connectivity index (χ1n) is 2.97. The predicted octanol–water partition coefficient (Wildman–Crippen LogP) is -3.20. The van der Waals surface area contributed by atoms with E-state index >= 15 is 0 Å². The van der Waals surface area contributed by atoms with E-state index in [0.29, 0.717) is 0 Å². The number of carbonyl (C=O) groups is 1. The third-order valence-corrected chi connectivity index (χ3v) is 1.19. The molecule has 0 N–H and O–H groups in total. The molecule has 2 rings (SSSR count). The Hall–Kier alpha value is -0.414. The monoisotopic (exact) mass is 206 g/mol. The fourth-order valence-electron chi connectivity index (χ4n) is 0.658. The summed E-state index contributed by atoms with van der Waals surface area (Å²) in [7, 11) is 0. The summed E-state index contributed by atoms with van der Waals surface area (Å²) in [6, 6.07) is 0. The van der Waals surface area contributed by atoms with Gasteiger partial charge in [0, 0.05) is 10.5 Å². The zero-order valence-corrected chi connectivity index (χ0v) is 9.79. The topological polar surface area (TPSA) is 94.9 Å². The maximum absolute atomic E-state index is 11.2. The van der Waals surface area contributed by atoms with Crippen LogP contribution in [0.4, 0.5) is 0 Å². The van der Waals surface area contributed by atoms with Gasteiger partial charge in [0.25, 0.3) is 0 Å². The van der Waals surface area contributed by atoms with Gasteiger partial charge in [-0.15, -0.1) is 10.2 Å². The minimum Gasteiger partial charge on any atom is -1.00 e. The normalized spacial score (nSPS) is 9.23. The summed E-state index contributed by atoms with van der Waals surface area (Å²) in [5.41, 5.74) is 0.149. The molecule has 0 radical (unpaired) electrons. The van der Waals surface area contributed by atoms with Gasteiger partial charge in [-0.25, -0.2) is 0 Å². The van der Waals surface area contributed by atoms with Crippen LogP contribution in [0.15, 0.2) is 21.6 Å². The molecule has 0 aromatic carbocycles. The minimum absolute atomic E-state index is 0. The Kier molecular flexibility index (Phi) is 3.87. The van der Waals surface area contributed by atoms with Gasteiger partial charge in [-0.05, 0) is 0 Å². The maximum Gasteiger partial charge on any atom is 1.00 e. The van der Waals surface area contributed by atoms with Gasteiger partial charge in [0.15, 0.2) is 23.9 Å². The van der Waals surface area contributed by atoms with E-state index in [0.717, 1.165) is 12.5 Å². The zero-order valence-electron chi connectivity index (χ0n) is 7.67. The Labute approximate surface area is 116 Å². The van der Waals surface area contributed by atoms with Gasteiger partial charge in [0.05, 0.1) is 0 Å². The van der Waals surface area contributed by atoms with E-state index in [1.54, 1.807) is 0 Å². The van der Waals surface area contributed by atoms with Crippen molar-refractivity contribution in [3.05, 3.63) is 23.9 Å². The minimum atomic E-state index is -0.433. The van der Waals surface area contributed by atoms with Gasteiger partial charge in [-0.2, -0.15) is 0 Å². The van der Waals surface area contributed by atoms with E-state index in [2.05, 4.69) is 29.8 Å². The first-order chi connectivity index (χ1) is 5.88. The molecule has 0 aliphatic rings. The van der Waals surface area contributed by atoms with Crippen molar-refractivity contribution < 1.29 is 66.7 Å². The van der Waals surface area contributed by atoms with Crippen LogP contribution in [0, 0.1) is 0 Å². The second-order valence-electron chi connectivity index (χ2n) is 1.91. The first-order valence-corrected chi connectivity index (χ1v) is 2.97. The van der Waals surface area contributed by atoms with Crippen molar-refractivity contribution in [2.45, 2.75) is 0 Å². The number of nitrogens with zero attached hydrogens (tertiary/aromatic N) is 4. The van der Waals surface area contributed by atoms with E-state index in [9.17, 15) is 4.79 Å². The standard InChI is InChI=1S/C5H2N4O3.K.H/c10-5(3-1-11-8-6-3)4-2-12-9-7-4;;/h1-2H;;/q;+1;-1. The predicted molar refractivity (Wildman–Crippen MR) is 33.1 cm³/mol. The van der Waals surface area contributed by atoms with Gasteiger partial charge in [-0.3, -0.25) is 4.79 Å². The Morgan fingerprint density at radius 3 is 1.92 bits per heavy atom. The number of ketones is 1. The van der Waals surface area contributed by atoms with Gasteiger partial charge in [-0.1, -0.05) is 0 Å². The SMILES string of the molecule is O=C(c1conn1)c1conn1.[H-].[K+]. The van der Waals surface area contributed by atoms with Crippen LogP contribution in [0.25, 0.3) is 0 Å². The third kappa shape index (κ3) is 2.29. The molecule has 0 bridgehead atoms. The summed E-state index contributed by atoms with van der Waals surface area (Å²) in [4.78, 5) is 11.2. The molecule has 0 amide bonds. The van der Waals surface area contributed by atoms with Gasteiger partial charge < -0.3 is 10.5 Å². The molecule has 0 aliphatic carbocycles. The molecule has 2 aromatic heterocycles. The molecule has 0 spiro atoms. The molecule has 8 heteroatoms. The van der Waals surface area contributed by atoms with Crippen LogP contribution >= 0.6 is 0 Å². The Morgan fingerprint density at radius 2 is 1.62 bits per heavy atom. The number of aromatic nitrogens is 4. The van der Waals surface area contributed by atoms with Crippen LogP contribution in [-0.2, 0) is 0 Å². The quantitative estimate of drug-likeness (QED) is 0.377. The van der Waals surface area contributed by atoms with Crippen LogP contribution in [0.5, 0.6) is 0 Å². The summed E-state index contributed by atoms with van der Waals surface area (Å²) in [6.07, 6.45) is 2.24. The van der Waals surface area contributed by atoms with E-state index in [1.807, 2.05) is 0 Å². The van der Waals surface area contributed by atoms with Crippen molar-refractivity contribution in [1.82, 2.24) is 20.7 Å². The van der Waals surface area contributed by atoms with Gasteiger partial charge in [0.2, 0.25) is 5.78 Å². The van der Waals surface area contributed by atoms with Crippen LogP contribution in [0.2, 0.25) is 0 Å². The Morgan fingerprint density at radius 1 is 1.15 bits per heavy atom. The molecular formula is C5H3KN4O3. The average molecular weight is 206 g/mol. The number of hydrogen-bond donors (Lipinski definition) is 0. The second-order valence-corrected chi connectivity index (χ2v) is 1.91. The smallest absolute Gasteiger partial charge is 1.00 e. The van der Waals surface area contributed by atoms with Crippen LogP contribution in [-0.4, -0.2) is 26.5 Å². The summed E-state index contributed by atoms with van der Waals surface area (Å²) >= 11 is 0. The molecular weight excluding hydrogens is 203 g/mol. The van der Waals surface area contributed by atoms with E-state index in [1.165, 1.54) is 0 Å². The first kappa shape index (κ1) is 10.7. The Balaban J connectivity index is 0.000000845. The summed E-state index contributed by atoms with van der Waals surface area (Å²) in [5, 5.41) is 13.0. The molecule has 0 fully saturated rings. The van der Waals surface area contributed by atoms with E-state index < -0.39 is 5.78 Å². The summed E-state index contributed by atoms with van der Waals surface area (Å²) in [5.74, 6) is -0.433. The molecule has 0 saturated carbocycles. The summed E-state index contributed by atoms with van der Waals surface area (Å²) in [6.45, 7) is 0. The molecule has 13 heavy (non-hydrogen) atoms. The zero-order chi connectivity index (χ0) is 8.39. The third-order valence-electron chi connectivity index (χ3n) is 1.19. The van der Waals surface area contributed by atoms with E-state index in [-0.39, 0.29) is 64.2 Å². The van der Waals surface area contributed by atoms with Crippen molar-refractivity contribution >= 4 is 5.78 Å². The largest absolute Gasteiger partial charge is 1.00 e. The number of rotatable bonds is 2. The maximum atomic E-state index is 11.2. The van der Waals surface area contributed by atoms with Crippen molar-refractivity contribution in [3.8, 4) is 0 Å². The molecule has 0 aliphatic heterocycles. The fourth-order valence-corrected chi connectivity index (χ4v) is 0.658. The fraction of sp³-hybridized carbons (Fsp3) is 0. The van der Waals surface area contributed by atoms with Crippen LogP contribution in [0.3, 0.4) is 0 Å². The Bertz CT molecular complexity index is 339. The molecule has 7 nitrogen and oxygen atoms in total.